The number of nitrogens with zero attached hydrogens (tertiary/aromatic N) is 2. The van der Waals surface area contributed by atoms with Gasteiger partial charge >= 0.3 is 0 Å². The first kappa shape index (κ1) is 16.3. The van der Waals surface area contributed by atoms with Gasteiger partial charge in [0.05, 0.1) is 0 Å². The van der Waals surface area contributed by atoms with Crippen molar-refractivity contribution < 1.29 is 0 Å². The minimum absolute atomic E-state index is 0.457. The van der Waals surface area contributed by atoms with E-state index < -0.39 is 0 Å². The molecule has 0 radical (unpaired) electrons. The molecule has 3 nitrogen and oxygen atoms in total. The van der Waals surface area contributed by atoms with Gasteiger partial charge in [-0.2, -0.15) is 0 Å². The van der Waals surface area contributed by atoms with E-state index in [9.17, 15) is 0 Å². The summed E-state index contributed by atoms with van der Waals surface area (Å²) < 4.78 is 0. The Bertz CT molecular complexity index is 481. The molecule has 0 spiro atoms. The summed E-state index contributed by atoms with van der Waals surface area (Å²) in [5.41, 5.74) is 2.92. The van der Waals surface area contributed by atoms with Crippen LogP contribution in [0, 0.1) is 12.3 Å². The first-order valence-electron chi connectivity index (χ1n) is 8.46. The lowest BCUT2D eigenvalue weighted by Crippen LogP contribution is -2.22. The van der Waals surface area contributed by atoms with Crippen LogP contribution in [0.5, 0.6) is 0 Å². The first-order valence-corrected chi connectivity index (χ1v) is 8.46. The summed E-state index contributed by atoms with van der Waals surface area (Å²) in [6.07, 6.45) is 5.00. The van der Waals surface area contributed by atoms with E-state index in [0.717, 1.165) is 23.9 Å². The second-order valence-corrected chi connectivity index (χ2v) is 7.55. The number of aromatic nitrogens is 2. The van der Waals surface area contributed by atoms with Gasteiger partial charge in [-0.05, 0) is 50.9 Å². The van der Waals surface area contributed by atoms with E-state index in [4.69, 9.17) is 9.97 Å². The van der Waals surface area contributed by atoms with Crippen molar-refractivity contribution in [2.45, 2.75) is 79.1 Å². The Morgan fingerprint density at radius 3 is 2.33 bits per heavy atom. The summed E-state index contributed by atoms with van der Waals surface area (Å²) in [6.45, 7) is 14.4. The summed E-state index contributed by atoms with van der Waals surface area (Å²) in [5, 5.41) is 3.44. The van der Waals surface area contributed by atoms with Crippen LogP contribution in [-0.4, -0.2) is 16.5 Å². The van der Waals surface area contributed by atoms with E-state index in [1.807, 2.05) is 0 Å². The van der Waals surface area contributed by atoms with Gasteiger partial charge in [0, 0.05) is 23.7 Å². The van der Waals surface area contributed by atoms with Crippen LogP contribution in [-0.2, 0) is 0 Å². The summed E-state index contributed by atoms with van der Waals surface area (Å²) in [7, 11) is 0. The zero-order valence-electron chi connectivity index (χ0n) is 14.6. The highest BCUT2D eigenvalue weighted by Gasteiger charge is 2.29. The minimum atomic E-state index is 0.457. The van der Waals surface area contributed by atoms with E-state index in [1.165, 1.54) is 31.2 Å². The third-order valence-corrected chi connectivity index (χ3v) is 4.78. The van der Waals surface area contributed by atoms with Crippen molar-refractivity contribution in [3.63, 3.8) is 0 Å². The maximum absolute atomic E-state index is 4.89. The molecule has 1 aliphatic carbocycles. The Hall–Kier alpha value is -1.12. The fraction of sp³-hybridized carbons (Fsp3) is 0.778. The normalized spacial score (nSPS) is 19.0. The topological polar surface area (TPSA) is 37.8 Å². The van der Waals surface area contributed by atoms with Crippen molar-refractivity contribution in [3.05, 3.63) is 17.1 Å². The summed E-state index contributed by atoms with van der Waals surface area (Å²) in [6, 6.07) is 0. The predicted molar refractivity (Wildman–Crippen MR) is 90.0 cm³/mol. The van der Waals surface area contributed by atoms with Gasteiger partial charge in [0.2, 0.25) is 0 Å². The van der Waals surface area contributed by atoms with Crippen molar-refractivity contribution in [2.75, 3.05) is 11.9 Å². The van der Waals surface area contributed by atoms with Crippen LogP contribution >= 0.6 is 0 Å². The van der Waals surface area contributed by atoms with Gasteiger partial charge in [-0.25, -0.2) is 9.97 Å². The number of aryl methyl sites for hydroxylation is 1. The van der Waals surface area contributed by atoms with E-state index in [1.54, 1.807) is 0 Å². The monoisotopic (exact) mass is 289 g/mol. The number of hydrogen-bond donors (Lipinski definition) is 1. The molecule has 0 bridgehead atoms. The first-order chi connectivity index (χ1) is 9.84. The summed E-state index contributed by atoms with van der Waals surface area (Å²) in [4.78, 5) is 9.75. The van der Waals surface area contributed by atoms with Gasteiger partial charge in [0.1, 0.15) is 11.6 Å². The third kappa shape index (κ3) is 3.75. The molecule has 0 amide bonds. The standard InChI is InChI=1S/C18H31N3/c1-7-19-17-15(12(2)3)13(4)20-16(21-17)14-8-10-18(5,6)11-9-14/h12,14H,7-11H2,1-6H3,(H,19,20,21). The quantitative estimate of drug-likeness (QED) is 0.845. The van der Waals surface area contributed by atoms with Crippen molar-refractivity contribution in [3.8, 4) is 0 Å². The molecule has 2 rings (SSSR count). The average molecular weight is 289 g/mol. The van der Waals surface area contributed by atoms with Crippen LogP contribution < -0.4 is 5.32 Å². The molecular weight excluding hydrogens is 258 g/mol. The molecule has 1 fully saturated rings. The molecule has 0 atom stereocenters. The maximum atomic E-state index is 4.89. The second kappa shape index (κ2) is 6.33. The maximum Gasteiger partial charge on any atom is 0.134 e. The SMILES string of the molecule is CCNc1nc(C2CCC(C)(C)CC2)nc(C)c1C(C)C. The van der Waals surface area contributed by atoms with E-state index in [-0.39, 0.29) is 0 Å². The van der Waals surface area contributed by atoms with Gasteiger partial charge in [-0.3, -0.25) is 0 Å². The molecule has 1 saturated carbocycles. The molecule has 3 heteroatoms. The highest BCUT2D eigenvalue weighted by Crippen LogP contribution is 2.42. The van der Waals surface area contributed by atoms with Crippen LogP contribution in [0.3, 0.4) is 0 Å². The molecule has 1 aliphatic rings. The highest BCUT2D eigenvalue weighted by atomic mass is 15.0. The summed E-state index contributed by atoms with van der Waals surface area (Å²) in [5.74, 6) is 3.11. The molecule has 0 unspecified atom stereocenters. The molecule has 0 saturated heterocycles. The molecule has 1 aromatic heterocycles. The van der Waals surface area contributed by atoms with E-state index >= 15 is 0 Å². The third-order valence-electron chi connectivity index (χ3n) is 4.78. The number of nitrogens with one attached hydrogen (secondary N) is 1. The predicted octanol–water partition coefficient (Wildman–Crippen LogP) is 5.02. The van der Waals surface area contributed by atoms with Crippen LogP contribution in [0.4, 0.5) is 5.82 Å². The fourth-order valence-corrected chi connectivity index (χ4v) is 3.44. The highest BCUT2D eigenvalue weighted by molar-refractivity contribution is 5.48. The largest absolute Gasteiger partial charge is 0.370 e. The number of rotatable bonds is 4. The lowest BCUT2D eigenvalue weighted by molar-refractivity contribution is 0.220. The average Bonchev–Trinajstić information content (AvgIpc) is 2.37. The molecular formula is C18H31N3. The van der Waals surface area contributed by atoms with Crippen molar-refractivity contribution in [1.82, 2.24) is 9.97 Å². The molecule has 1 aromatic rings. The molecule has 118 valence electrons. The van der Waals surface area contributed by atoms with E-state index in [2.05, 4.69) is 46.9 Å². The second-order valence-electron chi connectivity index (χ2n) is 7.55. The van der Waals surface area contributed by atoms with Gasteiger partial charge in [0.15, 0.2) is 0 Å². The zero-order valence-corrected chi connectivity index (χ0v) is 14.6. The molecule has 0 aliphatic heterocycles. The van der Waals surface area contributed by atoms with Crippen molar-refractivity contribution in [1.29, 1.82) is 0 Å². The summed E-state index contributed by atoms with van der Waals surface area (Å²) >= 11 is 0. The lowest BCUT2D eigenvalue weighted by atomic mass is 9.73. The Morgan fingerprint density at radius 1 is 1.19 bits per heavy atom. The molecule has 1 heterocycles. The van der Waals surface area contributed by atoms with Gasteiger partial charge in [-0.1, -0.05) is 27.7 Å². The van der Waals surface area contributed by atoms with Gasteiger partial charge in [0.25, 0.3) is 0 Å². The number of hydrogen-bond acceptors (Lipinski definition) is 3. The van der Waals surface area contributed by atoms with Crippen LogP contribution in [0.1, 0.15) is 89.2 Å². The van der Waals surface area contributed by atoms with Crippen molar-refractivity contribution in [2.24, 2.45) is 5.41 Å². The van der Waals surface area contributed by atoms with Gasteiger partial charge in [-0.15, -0.1) is 0 Å². The molecule has 1 N–H and O–H groups in total. The molecule has 0 aromatic carbocycles. The van der Waals surface area contributed by atoms with Crippen LogP contribution in [0.2, 0.25) is 0 Å². The number of anilines is 1. The zero-order chi connectivity index (χ0) is 15.6. The fourth-order valence-electron chi connectivity index (χ4n) is 3.44. The Balaban J connectivity index is 2.29. The molecule has 21 heavy (non-hydrogen) atoms. The lowest BCUT2D eigenvalue weighted by Gasteiger charge is -2.34. The van der Waals surface area contributed by atoms with Crippen LogP contribution in [0.25, 0.3) is 0 Å². The Labute approximate surface area is 130 Å². The van der Waals surface area contributed by atoms with Crippen LogP contribution in [0.15, 0.2) is 0 Å². The van der Waals surface area contributed by atoms with Crippen molar-refractivity contribution >= 4 is 5.82 Å². The Kier molecular flexibility index (Phi) is 4.90. The smallest absolute Gasteiger partial charge is 0.134 e. The Morgan fingerprint density at radius 2 is 1.81 bits per heavy atom. The van der Waals surface area contributed by atoms with Gasteiger partial charge < -0.3 is 5.32 Å². The minimum Gasteiger partial charge on any atom is -0.370 e. The van der Waals surface area contributed by atoms with E-state index in [0.29, 0.717) is 17.3 Å².